The van der Waals surface area contributed by atoms with Crippen LogP contribution in [-0.2, 0) is 0 Å². The molecule has 1 aromatic rings. The number of hydrogen-bond donors (Lipinski definition) is 2. The first kappa shape index (κ1) is 9.99. The van der Waals surface area contributed by atoms with Crippen LogP contribution in [0.2, 0.25) is 0 Å². The molecule has 0 aliphatic rings. The van der Waals surface area contributed by atoms with Crippen molar-refractivity contribution in [1.29, 1.82) is 5.26 Å². The minimum Gasteiger partial charge on any atom is -0.364 e. The molecule has 0 unspecified atom stereocenters. The van der Waals surface area contributed by atoms with E-state index in [4.69, 9.17) is 11.0 Å². The molecule has 14 heavy (non-hydrogen) atoms. The van der Waals surface area contributed by atoms with Crippen LogP contribution < -0.4 is 5.73 Å². The first-order valence-corrected chi connectivity index (χ1v) is 3.92. The highest BCUT2D eigenvalue weighted by Crippen LogP contribution is 2.17. The lowest BCUT2D eigenvalue weighted by Gasteiger charge is -1.92. The standard InChI is InChI=1S/C9H9N3O2/c1-4-7(5(2)13)6(3-10)8(12-4)9(11)14/h12H,1-2H3,(H2,11,14). The van der Waals surface area contributed by atoms with E-state index in [-0.39, 0.29) is 22.6 Å². The van der Waals surface area contributed by atoms with Gasteiger partial charge in [-0.05, 0) is 13.8 Å². The van der Waals surface area contributed by atoms with E-state index in [0.29, 0.717) is 5.69 Å². The van der Waals surface area contributed by atoms with Gasteiger partial charge >= 0.3 is 0 Å². The number of aryl methyl sites for hydroxylation is 1. The molecule has 0 aliphatic heterocycles. The Hall–Kier alpha value is -2.09. The second kappa shape index (κ2) is 3.34. The maximum atomic E-state index is 11.2. The normalized spacial score (nSPS) is 9.50. The minimum atomic E-state index is -0.739. The van der Waals surface area contributed by atoms with Crippen LogP contribution in [0.3, 0.4) is 0 Å². The molecule has 72 valence electrons. The molecule has 1 aromatic heterocycles. The zero-order chi connectivity index (χ0) is 10.9. The number of Topliss-reactive ketones (excluding diaryl/α,β-unsaturated/α-hetero) is 1. The van der Waals surface area contributed by atoms with Gasteiger partial charge in [0.25, 0.3) is 5.91 Å². The quantitative estimate of drug-likeness (QED) is 0.665. The molecule has 0 spiro atoms. The second-order valence-electron chi connectivity index (χ2n) is 2.91. The van der Waals surface area contributed by atoms with Crippen molar-refractivity contribution in [1.82, 2.24) is 4.98 Å². The smallest absolute Gasteiger partial charge is 0.266 e. The van der Waals surface area contributed by atoms with Crippen LogP contribution in [0.1, 0.15) is 39.0 Å². The Morgan fingerprint density at radius 3 is 2.43 bits per heavy atom. The summed E-state index contributed by atoms with van der Waals surface area (Å²) in [7, 11) is 0. The number of nitrogens with zero attached hydrogens (tertiary/aromatic N) is 1. The molecule has 0 radical (unpaired) electrons. The van der Waals surface area contributed by atoms with Crippen molar-refractivity contribution >= 4 is 11.7 Å². The fraction of sp³-hybridized carbons (Fsp3) is 0.222. The number of primary amides is 1. The van der Waals surface area contributed by atoms with Gasteiger partial charge < -0.3 is 10.7 Å². The summed E-state index contributed by atoms with van der Waals surface area (Å²) in [6, 6.07) is 1.79. The molecular formula is C9H9N3O2. The molecular weight excluding hydrogens is 182 g/mol. The molecule has 1 heterocycles. The van der Waals surface area contributed by atoms with Crippen LogP contribution in [0.4, 0.5) is 0 Å². The topological polar surface area (TPSA) is 99.7 Å². The molecule has 3 N–H and O–H groups in total. The zero-order valence-electron chi connectivity index (χ0n) is 7.84. The van der Waals surface area contributed by atoms with Gasteiger partial charge in [0.1, 0.15) is 11.8 Å². The predicted octanol–water partition coefficient (Wildman–Crippen LogP) is 0.496. The van der Waals surface area contributed by atoms with Gasteiger partial charge in [-0.25, -0.2) is 0 Å². The van der Waals surface area contributed by atoms with Gasteiger partial charge in [-0.3, -0.25) is 9.59 Å². The van der Waals surface area contributed by atoms with Crippen molar-refractivity contribution in [3.8, 4) is 6.07 Å². The summed E-state index contributed by atoms with van der Waals surface area (Å²) in [6.45, 7) is 2.95. The van der Waals surface area contributed by atoms with Crippen molar-refractivity contribution in [3.05, 3.63) is 22.5 Å². The maximum absolute atomic E-state index is 11.2. The van der Waals surface area contributed by atoms with E-state index in [1.54, 1.807) is 13.0 Å². The van der Waals surface area contributed by atoms with Gasteiger partial charge in [0.05, 0.1) is 11.1 Å². The number of H-pyrrole nitrogens is 1. The predicted molar refractivity (Wildman–Crippen MR) is 48.8 cm³/mol. The Morgan fingerprint density at radius 1 is 1.50 bits per heavy atom. The Morgan fingerprint density at radius 2 is 2.07 bits per heavy atom. The summed E-state index contributed by atoms with van der Waals surface area (Å²) in [6.07, 6.45) is 0. The number of nitriles is 1. The molecule has 0 saturated heterocycles. The number of nitrogens with one attached hydrogen (secondary N) is 1. The van der Waals surface area contributed by atoms with Gasteiger partial charge in [-0.1, -0.05) is 0 Å². The molecule has 1 amide bonds. The summed E-state index contributed by atoms with van der Waals surface area (Å²) in [4.78, 5) is 24.7. The summed E-state index contributed by atoms with van der Waals surface area (Å²) in [5, 5.41) is 8.78. The SMILES string of the molecule is CC(=O)c1c(C)[nH]c(C(N)=O)c1C#N. The van der Waals surface area contributed by atoms with E-state index < -0.39 is 5.91 Å². The van der Waals surface area contributed by atoms with E-state index in [2.05, 4.69) is 4.98 Å². The molecule has 0 atom stereocenters. The number of carbonyl (C=O) groups excluding carboxylic acids is 2. The number of hydrogen-bond acceptors (Lipinski definition) is 3. The first-order valence-electron chi connectivity index (χ1n) is 3.92. The monoisotopic (exact) mass is 191 g/mol. The summed E-state index contributed by atoms with van der Waals surface area (Å²) >= 11 is 0. The van der Waals surface area contributed by atoms with E-state index >= 15 is 0 Å². The van der Waals surface area contributed by atoms with Crippen LogP contribution in [0, 0.1) is 18.3 Å². The molecule has 0 aliphatic carbocycles. The van der Waals surface area contributed by atoms with Crippen LogP contribution in [0.25, 0.3) is 0 Å². The molecule has 0 saturated carbocycles. The molecule has 5 heteroatoms. The molecule has 5 nitrogen and oxygen atoms in total. The lowest BCUT2D eigenvalue weighted by molar-refractivity contribution is 0.0994. The average molecular weight is 191 g/mol. The molecule has 0 aromatic carbocycles. The van der Waals surface area contributed by atoms with Gasteiger partial charge in [-0.2, -0.15) is 5.26 Å². The highest BCUT2D eigenvalue weighted by Gasteiger charge is 2.20. The number of aromatic nitrogens is 1. The Balaban J connectivity index is 3.53. The number of aromatic amines is 1. The van der Waals surface area contributed by atoms with E-state index in [1.165, 1.54) is 6.92 Å². The number of carbonyl (C=O) groups is 2. The molecule has 0 bridgehead atoms. The van der Waals surface area contributed by atoms with Gasteiger partial charge in [-0.15, -0.1) is 0 Å². The van der Waals surface area contributed by atoms with Crippen molar-refractivity contribution in [2.75, 3.05) is 0 Å². The number of nitrogens with two attached hydrogens (primary N) is 1. The first-order chi connectivity index (χ1) is 6.49. The average Bonchev–Trinajstić information content (AvgIpc) is 2.41. The summed E-state index contributed by atoms with van der Waals surface area (Å²) < 4.78 is 0. The maximum Gasteiger partial charge on any atom is 0.266 e. The van der Waals surface area contributed by atoms with Crippen LogP contribution in [0.15, 0.2) is 0 Å². The van der Waals surface area contributed by atoms with Crippen LogP contribution in [-0.4, -0.2) is 16.7 Å². The fourth-order valence-electron chi connectivity index (χ4n) is 1.36. The molecule has 0 fully saturated rings. The largest absolute Gasteiger partial charge is 0.364 e. The zero-order valence-corrected chi connectivity index (χ0v) is 7.84. The third-order valence-corrected chi connectivity index (χ3v) is 1.90. The minimum absolute atomic E-state index is 0.00444. The lowest BCUT2D eigenvalue weighted by Crippen LogP contribution is -2.13. The molecule has 1 rings (SSSR count). The van der Waals surface area contributed by atoms with Gasteiger partial charge in [0, 0.05) is 5.69 Å². The van der Waals surface area contributed by atoms with Crippen molar-refractivity contribution in [3.63, 3.8) is 0 Å². The highest BCUT2D eigenvalue weighted by molar-refractivity contribution is 6.03. The number of rotatable bonds is 2. The summed E-state index contributed by atoms with van der Waals surface area (Å²) in [5.41, 5.74) is 5.79. The van der Waals surface area contributed by atoms with Crippen molar-refractivity contribution in [2.45, 2.75) is 13.8 Å². The van der Waals surface area contributed by atoms with Crippen LogP contribution in [0.5, 0.6) is 0 Å². The highest BCUT2D eigenvalue weighted by atomic mass is 16.1. The van der Waals surface area contributed by atoms with Gasteiger partial charge in [0.15, 0.2) is 5.78 Å². The lowest BCUT2D eigenvalue weighted by atomic mass is 10.1. The third-order valence-electron chi connectivity index (χ3n) is 1.90. The van der Waals surface area contributed by atoms with E-state index in [0.717, 1.165) is 0 Å². The van der Waals surface area contributed by atoms with Crippen molar-refractivity contribution in [2.24, 2.45) is 5.73 Å². The summed E-state index contributed by atoms with van der Waals surface area (Å²) in [5.74, 6) is -1.00. The van der Waals surface area contributed by atoms with Gasteiger partial charge in [0.2, 0.25) is 0 Å². The van der Waals surface area contributed by atoms with E-state index in [1.807, 2.05) is 0 Å². The number of ketones is 1. The Labute approximate surface area is 80.5 Å². The Bertz CT molecular complexity index is 451. The third kappa shape index (κ3) is 1.38. The Kier molecular flexibility index (Phi) is 2.38. The second-order valence-corrected chi connectivity index (χ2v) is 2.91. The number of amides is 1. The van der Waals surface area contributed by atoms with Crippen molar-refractivity contribution < 1.29 is 9.59 Å². The fourth-order valence-corrected chi connectivity index (χ4v) is 1.36. The van der Waals surface area contributed by atoms with Crippen LogP contribution >= 0.6 is 0 Å². The van der Waals surface area contributed by atoms with E-state index in [9.17, 15) is 9.59 Å².